The number of carbonyl (C=O) groups excluding carboxylic acids is 1. The van der Waals surface area contributed by atoms with Crippen LogP contribution in [0.2, 0.25) is 5.02 Å². The van der Waals surface area contributed by atoms with Crippen molar-refractivity contribution < 1.29 is 18.9 Å². The van der Waals surface area contributed by atoms with Gasteiger partial charge in [0.15, 0.2) is 5.70 Å². The lowest BCUT2D eigenvalue weighted by Crippen LogP contribution is -2.05. The van der Waals surface area contributed by atoms with Crippen molar-refractivity contribution in [3.8, 4) is 11.3 Å². The Balaban J connectivity index is 1.61. The van der Waals surface area contributed by atoms with Crippen molar-refractivity contribution in [3.63, 3.8) is 0 Å². The summed E-state index contributed by atoms with van der Waals surface area (Å²) in [5, 5.41) is 11.1. The first kappa shape index (κ1) is 21.5. The lowest BCUT2D eigenvalue weighted by molar-refractivity contribution is -0.384. The number of cyclic esters (lactones) is 1. The summed E-state index contributed by atoms with van der Waals surface area (Å²) < 4.78 is 11.1. The van der Waals surface area contributed by atoms with Crippen molar-refractivity contribution in [2.24, 2.45) is 4.99 Å². The Labute approximate surface area is 189 Å². The van der Waals surface area contributed by atoms with Crippen LogP contribution in [-0.2, 0) is 9.53 Å². The summed E-state index contributed by atoms with van der Waals surface area (Å²) in [6.07, 6.45) is 1.49. The highest BCUT2D eigenvalue weighted by Crippen LogP contribution is 2.34. The highest BCUT2D eigenvalue weighted by molar-refractivity contribution is 6.33. The minimum atomic E-state index is -0.569. The van der Waals surface area contributed by atoms with Crippen molar-refractivity contribution in [1.29, 1.82) is 0 Å². The van der Waals surface area contributed by atoms with Gasteiger partial charge in [-0.3, -0.25) is 10.1 Å². The third-order valence-electron chi connectivity index (χ3n) is 5.11. The van der Waals surface area contributed by atoms with Crippen molar-refractivity contribution in [3.05, 3.63) is 91.8 Å². The lowest BCUT2D eigenvalue weighted by Gasteiger charge is -2.05. The Hall–Kier alpha value is -3.71. The maximum atomic E-state index is 12.3. The zero-order valence-corrected chi connectivity index (χ0v) is 18.3. The number of carbonyl (C=O) groups is 1. The van der Waals surface area contributed by atoms with Crippen molar-refractivity contribution in [1.82, 2.24) is 0 Å². The van der Waals surface area contributed by atoms with Crippen LogP contribution in [0, 0.1) is 17.0 Å². The molecular weight excluding hydrogens is 432 g/mol. The first-order chi connectivity index (χ1) is 15.2. The highest BCUT2D eigenvalue weighted by atomic mass is 35.5. The molecule has 162 valence electrons. The minimum Gasteiger partial charge on any atom is -0.457 e. The zero-order valence-electron chi connectivity index (χ0n) is 17.6. The van der Waals surface area contributed by atoms with E-state index in [1.54, 1.807) is 19.1 Å². The molecule has 2 aromatic carbocycles. The quantitative estimate of drug-likeness (QED) is 0.197. The molecule has 0 N–H and O–H groups in total. The number of nitro groups is 1. The standard InChI is InChI=1S/C24H19ClN2O5/c1-13(2)15-4-6-16(7-5-15)23-26-20(24(28)32-23)11-17-8-9-22(31-17)18-12-19(25)21(27(29)30)10-14(18)3/h4-13H,1-3H3/b20-11-. The van der Waals surface area contributed by atoms with Gasteiger partial charge in [-0.25, -0.2) is 9.79 Å². The second-order valence-corrected chi connectivity index (χ2v) is 8.10. The van der Waals surface area contributed by atoms with Gasteiger partial charge in [0.1, 0.15) is 16.5 Å². The lowest BCUT2D eigenvalue weighted by atomic mass is 10.0. The van der Waals surface area contributed by atoms with E-state index in [9.17, 15) is 14.9 Å². The molecule has 2 heterocycles. The van der Waals surface area contributed by atoms with Crippen LogP contribution in [0.1, 0.15) is 42.2 Å². The second-order valence-electron chi connectivity index (χ2n) is 7.69. The molecule has 1 aliphatic heterocycles. The third kappa shape index (κ3) is 4.20. The average Bonchev–Trinajstić information content (AvgIpc) is 3.36. The number of hydrogen-bond donors (Lipinski definition) is 0. The highest BCUT2D eigenvalue weighted by Gasteiger charge is 2.25. The maximum Gasteiger partial charge on any atom is 0.363 e. The van der Waals surface area contributed by atoms with Crippen LogP contribution in [0.15, 0.2) is 63.6 Å². The van der Waals surface area contributed by atoms with Crippen LogP contribution in [0.5, 0.6) is 0 Å². The van der Waals surface area contributed by atoms with Crippen molar-refractivity contribution >= 4 is 35.2 Å². The summed E-state index contributed by atoms with van der Waals surface area (Å²) in [4.78, 5) is 27.1. The topological polar surface area (TPSA) is 94.9 Å². The van der Waals surface area contributed by atoms with Gasteiger partial charge in [-0.05, 0) is 54.3 Å². The molecular formula is C24H19ClN2O5. The molecule has 0 unspecified atom stereocenters. The van der Waals surface area contributed by atoms with Crippen LogP contribution in [-0.4, -0.2) is 16.8 Å². The van der Waals surface area contributed by atoms with Crippen LogP contribution in [0.4, 0.5) is 5.69 Å². The Bertz CT molecular complexity index is 1290. The van der Waals surface area contributed by atoms with E-state index in [2.05, 4.69) is 18.8 Å². The summed E-state index contributed by atoms with van der Waals surface area (Å²) >= 11 is 6.04. The number of nitrogens with zero attached hydrogens (tertiary/aromatic N) is 2. The van der Waals surface area contributed by atoms with Gasteiger partial charge in [-0.2, -0.15) is 0 Å². The molecule has 0 aliphatic carbocycles. The number of furan rings is 1. The van der Waals surface area contributed by atoms with Crippen LogP contribution >= 0.6 is 11.6 Å². The SMILES string of the molecule is Cc1cc([N+](=O)[O-])c(Cl)cc1-c1ccc(/C=C2\N=C(c3ccc(C(C)C)cc3)OC2=O)o1. The molecule has 0 atom stereocenters. The molecule has 32 heavy (non-hydrogen) atoms. The van der Waals surface area contributed by atoms with E-state index in [1.165, 1.54) is 23.8 Å². The van der Waals surface area contributed by atoms with Gasteiger partial charge in [0.2, 0.25) is 5.90 Å². The molecule has 7 nitrogen and oxygen atoms in total. The third-order valence-corrected chi connectivity index (χ3v) is 5.41. The molecule has 8 heteroatoms. The fraction of sp³-hybridized carbons (Fsp3) is 0.167. The van der Waals surface area contributed by atoms with Gasteiger partial charge >= 0.3 is 5.97 Å². The first-order valence-corrected chi connectivity index (χ1v) is 10.3. The Morgan fingerprint density at radius 3 is 2.50 bits per heavy atom. The number of halogens is 1. The molecule has 0 fully saturated rings. The summed E-state index contributed by atoms with van der Waals surface area (Å²) in [5.41, 5.74) is 3.10. The van der Waals surface area contributed by atoms with E-state index in [1.807, 2.05) is 24.3 Å². The predicted octanol–water partition coefficient (Wildman–Crippen LogP) is 6.28. The summed E-state index contributed by atoms with van der Waals surface area (Å²) in [7, 11) is 0. The number of ether oxygens (including phenoxy) is 1. The molecule has 0 amide bonds. The van der Waals surface area contributed by atoms with Crippen LogP contribution < -0.4 is 0 Å². The fourth-order valence-electron chi connectivity index (χ4n) is 3.32. The fourth-order valence-corrected chi connectivity index (χ4v) is 3.56. The first-order valence-electron chi connectivity index (χ1n) is 9.90. The van der Waals surface area contributed by atoms with E-state index in [4.69, 9.17) is 20.8 Å². The van der Waals surface area contributed by atoms with E-state index in [0.717, 1.165) is 0 Å². The monoisotopic (exact) mass is 450 g/mol. The number of benzene rings is 2. The predicted molar refractivity (Wildman–Crippen MR) is 122 cm³/mol. The molecule has 0 saturated carbocycles. The average molecular weight is 451 g/mol. The molecule has 1 aromatic heterocycles. The smallest absolute Gasteiger partial charge is 0.363 e. The number of aryl methyl sites for hydroxylation is 1. The number of nitro benzene ring substituents is 1. The Morgan fingerprint density at radius 2 is 1.84 bits per heavy atom. The van der Waals surface area contributed by atoms with E-state index < -0.39 is 10.9 Å². The molecule has 3 aromatic rings. The summed E-state index contributed by atoms with van der Waals surface area (Å²) in [6, 6.07) is 14.0. The number of esters is 1. The van der Waals surface area contributed by atoms with Crippen LogP contribution in [0.25, 0.3) is 17.4 Å². The van der Waals surface area contributed by atoms with Crippen LogP contribution in [0.3, 0.4) is 0 Å². The number of aliphatic imine (C=N–C) groups is 1. The van der Waals surface area contributed by atoms with Gasteiger partial charge in [0, 0.05) is 23.3 Å². The van der Waals surface area contributed by atoms with E-state index in [0.29, 0.717) is 34.1 Å². The van der Waals surface area contributed by atoms with Gasteiger partial charge < -0.3 is 9.15 Å². The van der Waals surface area contributed by atoms with Gasteiger partial charge in [-0.1, -0.05) is 37.6 Å². The van der Waals surface area contributed by atoms with Gasteiger partial charge in [0.05, 0.1) is 4.92 Å². The van der Waals surface area contributed by atoms with Crippen molar-refractivity contribution in [2.75, 3.05) is 0 Å². The largest absolute Gasteiger partial charge is 0.457 e. The second kappa shape index (κ2) is 8.43. The zero-order chi connectivity index (χ0) is 23.0. The van der Waals surface area contributed by atoms with E-state index in [-0.39, 0.29) is 22.3 Å². The van der Waals surface area contributed by atoms with Gasteiger partial charge in [-0.15, -0.1) is 0 Å². The minimum absolute atomic E-state index is 0.0176. The van der Waals surface area contributed by atoms with Crippen molar-refractivity contribution in [2.45, 2.75) is 26.7 Å². The molecule has 0 radical (unpaired) electrons. The summed E-state index contributed by atoms with van der Waals surface area (Å²) in [5.74, 6) is 0.920. The maximum absolute atomic E-state index is 12.3. The van der Waals surface area contributed by atoms with Gasteiger partial charge in [0.25, 0.3) is 5.69 Å². The molecule has 0 saturated heterocycles. The van der Waals surface area contributed by atoms with E-state index >= 15 is 0 Å². The molecule has 0 spiro atoms. The normalized spacial score (nSPS) is 14.7. The molecule has 4 rings (SSSR count). The Morgan fingerprint density at radius 1 is 1.12 bits per heavy atom. The number of rotatable bonds is 5. The Kier molecular flexibility index (Phi) is 5.67. The number of hydrogen-bond acceptors (Lipinski definition) is 6. The molecule has 1 aliphatic rings. The molecule has 0 bridgehead atoms. The summed E-state index contributed by atoms with van der Waals surface area (Å²) in [6.45, 7) is 5.94.